The molecular weight excluding hydrogens is 307 g/mol. The van der Waals surface area contributed by atoms with Crippen LogP contribution in [0.1, 0.15) is 18.1 Å². The first-order chi connectivity index (χ1) is 11.4. The molecule has 0 saturated carbocycles. The third-order valence-corrected chi connectivity index (χ3v) is 4.09. The molecule has 0 aliphatic rings. The van der Waals surface area contributed by atoms with Gasteiger partial charge in [-0.3, -0.25) is 9.69 Å². The highest BCUT2D eigenvalue weighted by Crippen LogP contribution is 2.19. The van der Waals surface area contributed by atoms with Crippen LogP contribution in [0.3, 0.4) is 0 Å². The Balaban J connectivity index is 2.01. The topological polar surface area (TPSA) is 41.6 Å². The molecule has 1 amide bonds. The van der Waals surface area contributed by atoms with Crippen molar-refractivity contribution in [3.63, 3.8) is 0 Å². The molecule has 1 atom stereocenters. The third kappa shape index (κ3) is 4.32. The molecule has 0 spiro atoms. The van der Waals surface area contributed by atoms with Crippen molar-refractivity contribution in [2.24, 2.45) is 0 Å². The molecule has 24 heavy (non-hydrogen) atoms. The second-order valence-corrected chi connectivity index (χ2v) is 5.86. The van der Waals surface area contributed by atoms with Gasteiger partial charge in [0.05, 0.1) is 13.2 Å². The number of halogens is 1. The summed E-state index contributed by atoms with van der Waals surface area (Å²) in [5.74, 6) is -0.284. The van der Waals surface area contributed by atoms with E-state index in [1.807, 2.05) is 50.1 Å². The van der Waals surface area contributed by atoms with Crippen molar-refractivity contribution < 1.29 is 13.9 Å². The van der Waals surface area contributed by atoms with Crippen LogP contribution in [-0.4, -0.2) is 31.0 Å². The minimum Gasteiger partial charge on any atom is -0.494 e. The lowest BCUT2D eigenvalue weighted by atomic mass is 10.1. The Bertz CT molecular complexity index is 718. The Hall–Kier alpha value is -2.40. The normalized spacial score (nSPS) is 12.1. The standard InChI is InChI=1S/C19H23FN2O2/c1-13-7-5-6-8-17(13)21-19(23)14(2)22(3)12-15-9-10-18(24-4)16(20)11-15/h5-11,14H,12H2,1-4H3,(H,21,23). The molecule has 0 heterocycles. The second-order valence-electron chi connectivity index (χ2n) is 5.86. The average Bonchev–Trinajstić information content (AvgIpc) is 2.56. The number of carbonyl (C=O) groups is 1. The number of rotatable bonds is 6. The molecule has 0 aromatic heterocycles. The first kappa shape index (κ1) is 17.9. The molecule has 2 rings (SSSR count). The van der Waals surface area contributed by atoms with Crippen molar-refractivity contribution >= 4 is 11.6 Å². The first-order valence-electron chi connectivity index (χ1n) is 7.81. The van der Waals surface area contributed by atoms with Gasteiger partial charge in [-0.05, 0) is 50.2 Å². The molecule has 4 nitrogen and oxygen atoms in total. The molecule has 0 saturated heterocycles. The summed E-state index contributed by atoms with van der Waals surface area (Å²) in [7, 11) is 3.27. The van der Waals surface area contributed by atoms with Gasteiger partial charge in [-0.1, -0.05) is 24.3 Å². The van der Waals surface area contributed by atoms with Crippen molar-refractivity contribution in [1.82, 2.24) is 4.90 Å². The minimum atomic E-state index is -0.402. The van der Waals surface area contributed by atoms with E-state index in [1.165, 1.54) is 13.2 Å². The number of hydrogen-bond acceptors (Lipinski definition) is 3. The highest BCUT2D eigenvalue weighted by atomic mass is 19.1. The lowest BCUT2D eigenvalue weighted by Gasteiger charge is -2.24. The van der Waals surface area contributed by atoms with E-state index in [4.69, 9.17) is 4.74 Å². The van der Waals surface area contributed by atoms with E-state index in [0.717, 1.165) is 16.8 Å². The van der Waals surface area contributed by atoms with Gasteiger partial charge < -0.3 is 10.1 Å². The Kier molecular flexibility index (Phi) is 5.93. The van der Waals surface area contributed by atoms with Crippen LogP contribution in [0.25, 0.3) is 0 Å². The summed E-state index contributed by atoms with van der Waals surface area (Å²) in [6, 6.07) is 12.1. The quantitative estimate of drug-likeness (QED) is 0.880. The first-order valence-corrected chi connectivity index (χ1v) is 7.81. The highest BCUT2D eigenvalue weighted by molar-refractivity contribution is 5.95. The largest absolute Gasteiger partial charge is 0.494 e. The number of nitrogens with zero attached hydrogens (tertiary/aromatic N) is 1. The Labute approximate surface area is 142 Å². The van der Waals surface area contributed by atoms with E-state index in [9.17, 15) is 9.18 Å². The highest BCUT2D eigenvalue weighted by Gasteiger charge is 2.19. The van der Waals surface area contributed by atoms with Crippen LogP contribution >= 0.6 is 0 Å². The van der Waals surface area contributed by atoms with E-state index < -0.39 is 5.82 Å². The Morgan fingerprint density at radius 1 is 1.29 bits per heavy atom. The summed E-state index contributed by atoms with van der Waals surface area (Å²) in [6.07, 6.45) is 0. The summed E-state index contributed by atoms with van der Waals surface area (Å²) < 4.78 is 18.7. The predicted octanol–water partition coefficient (Wildman–Crippen LogP) is 3.60. The van der Waals surface area contributed by atoms with Crippen LogP contribution in [0.5, 0.6) is 5.75 Å². The molecule has 0 aliphatic heterocycles. The van der Waals surface area contributed by atoms with Gasteiger partial charge in [0.2, 0.25) is 5.91 Å². The summed E-state index contributed by atoms with van der Waals surface area (Å²) in [6.45, 7) is 4.24. The molecule has 5 heteroatoms. The van der Waals surface area contributed by atoms with Crippen LogP contribution in [-0.2, 0) is 11.3 Å². The number of methoxy groups -OCH3 is 1. The van der Waals surface area contributed by atoms with E-state index in [1.54, 1.807) is 12.1 Å². The minimum absolute atomic E-state index is 0.0965. The monoisotopic (exact) mass is 330 g/mol. The molecule has 2 aromatic carbocycles. The zero-order valence-electron chi connectivity index (χ0n) is 14.5. The average molecular weight is 330 g/mol. The van der Waals surface area contributed by atoms with Gasteiger partial charge in [0.1, 0.15) is 0 Å². The van der Waals surface area contributed by atoms with Gasteiger partial charge >= 0.3 is 0 Å². The van der Waals surface area contributed by atoms with Crippen molar-refractivity contribution in [2.75, 3.05) is 19.5 Å². The molecule has 128 valence electrons. The smallest absolute Gasteiger partial charge is 0.241 e. The number of aryl methyl sites for hydroxylation is 1. The van der Waals surface area contributed by atoms with Crippen molar-refractivity contribution in [2.45, 2.75) is 26.4 Å². The van der Waals surface area contributed by atoms with Gasteiger partial charge in [-0.2, -0.15) is 0 Å². The zero-order valence-corrected chi connectivity index (χ0v) is 14.5. The van der Waals surface area contributed by atoms with Gasteiger partial charge in [-0.15, -0.1) is 0 Å². The number of anilines is 1. The van der Waals surface area contributed by atoms with Crippen molar-refractivity contribution in [3.8, 4) is 5.75 Å². The van der Waals surface area contributed by atoms with Crippen LogP contribution in [0.15, 0.2) is 42.5 Å². The number of benzene rings is 2. The molecule has 0 fully saturated rings. The van der Waals surface area contributed by atoms with E-state index in [0.29, 0.717) is 6.54 Å². The summed E-state index contributed by atoms with van der Waals surface area (Å²) in [5, 5.41) is 2.93. The molecule has 0 radical (unpaired) electrons. The molecule has 1 unspecified atom stereocenters. The molecular formula is C19H23FN2O2. The summed E-state index contributed by atoms with van der Waals surface area (Å²) in [4.78, 5) is 14.3. The van der Waals surface area contributed by atoms with Crippen molar-refractivity contribution in [3.05, 3.63) is 59.4 Å². The van der Waals surface area contributed by atoms with Crippen molar-refractivity contribution in [1.29, 1.82) is 0 Å². The Morgan fingerprint density at radius 2 is 2.00 bits per heavy atom. The van der Waals surface area contributed by atoms with Gasteiger partial charge in [0.15, 0.2) is 11.6 Å². The lowest BCUT2D eigenvalue weighted by Crippen LogP contribution is -2.39. The van der Waals surface area contributed by atoms with Crippen LogP contribution in [0, 0.1) is 12.7 Å². The maximum atomic E-state index is 13.8. The fraction of sp³-hybridized carbons (Fsp3) is 0.316. The molecule has 2 aromatic rings. The summed E-state index contributed by atoms with van der Waals surface area (Å²) in [5.41, 5.74) is 2.60. The zero-order chi connectivity index (χ0) is 17.7. The fourth-order valence-electron chi connectivity index (χ4n) is 2.38. The second kappa shape index (κ2) is 7.93. The number of carbonyl (C=O) groups excluding carboxylic acids is 1. The van der Waals surface area contributed by atoms with E-state index >= 15 is 0 Å². The maximum absolute atomic E-state index is 13.8. The maximum Gasteiger partial charge on any atom is 0.241 e. The Morgan fingerprint density at radius 3 is 2.62 bits per heavy atom. The number of likely N-dealkylation sites (N-methyl/N-ethyl adjacent to an activating group) is 1. The van der Waals surface area contributed by atoms with E-state index in [-0.39, 0.29) is 17.7 Å². The number of ether oxygens (including phenoxy) is 1. The molecule has 0 bridgehead atoms. The third-order valence-electron chi connectivity index (χ3n) is 4.09. The van der Waals surface area contributed by atoms with Crippen LogP contribution in [0.4, 0.5) is 10.1 Å². The van der Waals surface area contributed by atoms with Gasteiger partial charge in [0.25, 0.3) is 0 Å². The fourth-order valence-corrected chi connectivity index (χ4v) is 2.38. The molecule has 0 aliphatic carbocycles. The number of para-hydroxylation sites is 1. The number of amides is 1. The number of nitrogens with one attached hydrogen (secondary N) is 1. The SMILES string of the molecule is COc1ccc(CN(C)C(C)C(=O)Nc2ccccc2C)cc1F. The number of hydrogen-bond donors (Lipinski definition) is 1. The van der Waals surface area contributed by atoms with E-state index in [2.05, 4.69) is 5.32 Å². The molecule has 1 N–H and O–H groups in total. The van der Waals surface area contributed by atoms with Gasteiger partial charge in [-0.25, -0.2) is 4.39 Å². The lowest BCUT2D eigenvalue weighted by molar-refractivity contribution is -0.120. The van der Waals surface area contributed by atoms with Crippen LogP contribution < -0.4 is 10.1 Å². The van der Waals surface area contributed by atoms with Crippen LogP contribution in [0.2, 0.25) is 0 Å². The predicted molar refractivity (Wildman–Crippen MR) is 93.7 cm³/mol. The summed E-state index contributed by atoms with van der Waals surface area (Å²) >= 11 is 0. The van der Waals surface area contributed by atoms with Gasteiger partial charge in [0, 0.05) is 12.2 Å².